The minimum Gasteiger partial charge on any atom is -0.503 e. The van der Waals surface area contributed by atoms with Crippen molar-refractivity contribution < 1.29 is 14.3 Å². The van der Waals surface area contributed by atoms with E-state index in [0.717, 1.165) is 17.7 Å². The summed E-state index contributed by atoms with van der Waals surface area (Å²) in [5.74, 6) is -0.857. The van der Waals surface area contributed by atoms with Gasteiger partial charge in [-0.1, -0.05) is 12.1 Å². The van der Waals surface area contributed by atoms with E-state index in [1.54, 1.807) is 23.1 Å². The number of hydrogen-bond donors (Lipinski definition) is 1. The number of carbonyl (C=O) groups excluding carboxylic acids is 1. The minimum absolute atomic E-state index is 0.00642. The van der Waals surface area contributed by atoms with Gasteiger partial charge in [0.25, 0.3) is 5.91 Å². The SMILES string of the molecule is CC(C)N1CC(c2cc(CCc3ccc(F)cc3)ncn2)=C(O)C1=O. The lowest BCUT2D eigenvalue weighted by Gasteiger charge is -2.20. The Labute approximate surface area is 145 Å². The second-order valence-electron chi connectivity index (χ2n) is 6.38. The summed E-state index contributed by atoms with van der Waals surface area (Å²) in [6.07, 6.45) is 2.83. The van der Waals surface area contributed by atoms with Crippen LogP contribution in [0.1, 0.15) is 30.8 Å². The lowest BCUT2D eigenvalue weighted by Crippen LogP contribution is -2.33. The van der Waals surface area contributed by atoms with Gasteiger partial charge in [0, 0.05) is 17.3 Å². The van der Waals surface area contributed by atoms with Crippen molar-refractivity contribution >= 4 is 11.5 Å². The number of aryl methyl sites for hydroxylation is 2. The Morgan fingerprint density at radius 3 is 2.56 bits per heavy atom. The van der Waals surface area contributed by atoms with E-state index in [9.17, 15) is 14.3 Å². The maximum absolute atomic E-state index is 13.0. The topological polar surface area (TPSA) is 66.3 Å². The van der Waals surface area contributed by atoms with Gasteiger partial charge in [-0.05, 0) is 50.5 Å². The molecule has 6 heteroatoms. The third-order valence-corrected chi connectivity index (χ3v) is 4.32. The quantitative estimate of drug-likeness (QED) is 0.908. The van der Waals surface area contributed by atoms with Crippen LogP contribution in [0.15, 0.2) is 42.4 Å². The summed E-state index contributed by atoms with van der Waals surface area (Å²) in [4.78, 5) is 22.2. The van der Waals surface area contributed by atoms with Gasteiger partial charge in [0.2, 0.25) is 0 Å². The first-order valence-electron chi connectivity index (χ1n) is 8.24. The number of hydrogen-bond acceptors (Lipinski definition) is 4. The fourth-order valence-corrected chi connectivity index (χ4v) is 2.82. The van der Waals surface area contributed by atoms with E-state index in [2.05, 4.69) is 9.97 Å². The molecule has 1 aliphatic heterocycles. The van der Waals surface area contributed by atoms with Crippen LogP contribution in [0.2, 0.25) is 0 Å². The molecule has 0 atom stereocenters. The molecule has 130 valence electrons. The summed E-state index contributed by atoms with van der Waals surface area (Å²) < 4.78 is 13.0. The van der Waals surface area contributed by atoms with Crippen molar-refractivity contribution in [2.24, 2.45) is 0 Å². The number of aliphatic hydroxyl groups excluding tert-OH is 1. The van der Waals surface area contributed by atoms with Gasteiger partial charge in [-0.2, -0.15) is 0 Å². The van der Waals surface area contributed by atoms with Crippen molar-refractivity contribution in [3.63, 3.8) is 0 Å². The third-order valence-electron chi connectivity index (χ3n) is 4.32. The highest BCUT2D eigenvalue weighted by Crippen LogP contribution is 2.26. The van der Waals surface area contributed by atoms with Crippen molar-refractivity contribution in [2.45, 2.75) is 32.7 Å². The molecule has 1 aromatic heterocycles. The molecule has 0 fully saturated rings. The van der Waals surface area contributed by atoms with E-state index >= 15 is 0 Å². The molecule has 1 aromatic carbocycles. The van der Waals surface area contributed by atoms with E-state index in [0.29, 0.717) is 24.2 Å². The minimum atomic E-state index is -0.364. The zero-order valence-corrected chi connectivity index (χ0v) is 14.2. The average molecular weight is 341 g/mol. The molecular formula is C19H20FN3O2. The van der Waals surface area contributed by atoms with Gasteiger partial charge in [0.15, 0.2) is 5.76 Å². The Morgan fingerprint density at radius 1 is 1.20 bits per heavy atom. The molecular weight excluding hydrogens is 321 g/mol. The zero-order chi connectivity index (χ0) is 18.0. The normalized spacial score (nSPS) is 14.7. The van der Waals surface area contributed by atoms with Crippen molar-refractivity contribution in [1.29, 1.82) is 0 Å². The first kappa shape index (κ1) is 17.1. The zero-order valence-electron chi connectivity index (χ0n) is 14.2. The molecule has 25 heavy (non-hydrogen) atoms. The van der Waals surface area contributed by atoms with E-state index in [1.165, 1.54) is 18.5 Å². The average Bonchev–Trinajstić information content (AvgIpc) is 2.90. The van der Waals surface area contributed by atoms with Crippen LogP contribution in [0.4, 0.5) is 4.39 Å². The van der Waals surface area contributed by atoms with Gasteiger partial charge in [-0.3, -0.25) is 4.79 Å². The molecule has 0 bridgehead atoms. The molecule has 0 spiro atoms. The van der Waals surface area contributed by atoms with Gasteiger partial charge < -0.3 is 10.0 Å². The second-order valence-corrected chi connectivity index (χ2v) is 6.38. The monoisotopic (exact) mass is 341 g/mol. The number of nitrogens with zero attached hydrogens (tertiary/aromatic N) is 3. The van der Waals surface area contributed by atoms with Gasteiger partial charge in [-0.15, -0.1) is 0 Å². The van der Waals surface area contributed by atoms with E-state index in [-0.39, 0.29) is 23.5 Å². The molecule has 5 nitrogen and oxygen atoms in total. The van der Waals surface area contributed by atoms with Gasteiger partial charge in [-0.25, -0.2) is 14.4 Å². The molecule has 0 radical (unpaired) electrons. The molecule has 2 aromatic rings. The number of halogens is 1. The highest BCUT2D eigenvalue weighted by atomic mass is 19.1. The predicted octanol–water partition coefficient (Wildman–Crippen LogP) is 2.92. The highest BCUT2D eigenvalue weighted by Gasteiger charge is 2.33. The second kappa shape index (κ2) is 7.01. The maximum Gasteiger partial charge on any atom is 0.289 e. The third kappa shape index (κ3) is 3.68. The molecule has 0 saturated carbocycles. The van der Waals surface area contributed by atoms with E-state index < -0.39 is 0 Å². The molecule has 1 amide bonds. The molecule has 0 aliphatic carbocycles. The number of rotatable bonds is 5. The van der Waals surface area contributed by atoms with Crippen molar-refractivity contribution in [1.82, 2.24) is 14.9 Å². The van der Waals surface area contributed by atoms with Crippen LogP contribution in [-0.2, 0) is 17.6 Å². The number of aliphatic hydroxyl groups is 1. The summed E-state index contributed by atoms with van der Waals surface area (Å²) in [5.41, 5.74) is 2.93. The summed E-state index contributed by atoms with van der Waals surface area (Å²) in [6, 6.07) is 8.19. The highest BCUT2D eigenvalue weighted by molar-refractivity contribution is 6.03. The standard InChI is InChI=1S/C19H20FN3O2/c1-12(2)23-10-16(18(24)19(23)25)17-9-15(21-11-22-17)8-5-13-3-6-14(20)7-4-13/h3-4,6-7,9,11-12,24H,5,8,10H2,1-2H3. The largest absolute Gasteiger partial charge is 0.503 e. The summed E-state index contributed by atoms with van der Waals surface area (Å²) in [5, 5.41) is 10.1. The number of aromatic nitrogens is 2. The smallest absolute Gasteiger partial charge is 0.289 e. The lowest BCUT2D eigenvalue weighted by atomic mass is 10.1. The Morgan fingerprint density at radius 2 is 1.92 bits per heavy atom. The van der Waals surface area contributed by atoms with Gasteiger partial charge in [0.05, 0.1) is 12.2 Å². The molecule has 1 aliphatic rings. The molecule has 0 saturated heterocycles. The van der Waals surface area contributed by atoms with E-state index in [4.69, 9.17) is 0 Å². The number of benzene rings is 1. The van der Waals surface area contributed by atoms with E-state index in [1.807, 2.05) is 13.8 Å². The van der Waals surface area contributed by atoms with Crippen molar-refractivity contribution in [2.75, 3.05) is 6.54 Å². The number of carbonyl (C=O) groups is 1. The van der Waals surface area contributed by atoms with Crippen molar-refractivity contribution in [3.8, 4) is 0 Å². The lowest BCUT2D eigenvalue weighted by molar-refractivity contribution is -0.129. The predicted molar refractivity (Wildman–Crippen MR) is 92.2 cm³/mol. The first-order valence-corrected chi connectivity index (χ1v) is 8.24. The molecule has 2 heterocycles. The Bertz CT molecular complexity index is 816. The van der Waals surface area contributed by atoms with Crippen LogP contribution in [-0.4, -0.2) is 38.5 Å². The van der Waals surface area contributed by atoms with Crippen LogP contribution < -0.4 is 0 Å². The van der Waals surface area contributed by atoms with Gasteiger partial charge in [0.1, 0.15) is 12.1 Å². The molecule has 1 N–H and O–H groups in total. The Balaban J connectivity index is 1.75. The number of amides is 1. The van der Waals surface area contributed by atoms with Crippen LogP contribution in [0, 0.1) is 5.82 Å². The summed E-state index contributed by atoms with van der Waals surface area (Å²) in [7, 11) is 0. The first-order chi connectivity index (χ1) is 12.0. The van der Waals surface area contributed by atoms with Crippen LogP contribution in [0.5, 0.6) is 0 Å². The van der Waals surface area contributed by atoms with Crippen LogP contribution >= 0.6 is 0 Å². The fourth-order valence-electron chi connectivity index (χ4n) is 2.82. The summed E-state index contributed by atoms with van der Waals surface area (Å²) >= 11 is 0. The maximum atomic E-state index is 13.0. The van der Waals surface area contributed by atoms with Crippen molar-refractivity contribution in [3.05, 3.63) is 65.2 Å². The summed E-state index contributed by atoms with van der Waals surface area (Å²) in [6.45, 7) is 4.15. The van der Waals surface area contributed by atoms with Gasteiger partial charge >= 0.3 is 0 Å². The Kier molecular flexibility index (Phi) is 4.79. The fraction of sp³-hybridized carbons (Fsp3) is 0.316. The molecule has 0 unspecified atom stereocenters. The van der Waals surface area contributed by atoms with Crippen LogP contribution in [0.25, 0.3) is 5.57 Å². The molecule has 3 rings (SSSR count). The van der Waals surface area contributed by atoms with Crippen LogP contribution in [0.3, 0.4) is 0 Å². The Hall–Kier alpha value is -2.76.